The third-order valence-electron chi connectivity index (χ3n) is 4.79. The monoisotopic (exact) mass is 602 g/mol. The summed E-state index contributed by atoms with van der Waals surface area (Å²) in [5.41, 5.74) is 15.3. The molecule has 2 rings (SSSR count). The van der Waals surface area contributed by atoms with Crippen LogP contribution in [0.5, 0.6) is 0 Å². The standard InChI is InChI=1S/C11H18.C10H14FN.C8H11N.C3H8.C2H6.CH5N.2CH3N/c1-4-7-10-11(8-5-2)9-6-3;1-3-8-5-4-6-9(7-12-2)10(8)11;1-7-2-4-8(6-9)5-3-7;1-3-2;4*1-2/h5-6,8-9H,2,4,7,10H2,1,3H3;4-6,12H,3,7H2,1-2H3;2-5H,6,9H2,1H3;3H2,1-2H3;1-2H3;2H2,1H3;2*2H,1H2/b9-6-,11-8+;;;;;;;. The predicted octanol–water partition coefficient (Wildman–Crippen LogP) is 9.98. The fourth-order valence-corrected chi connectivity index (χ4v) is 2.93. The molecule has 0 amide bonds. The molecule has 0 aromatic heterocycles. The van der Waals surface area contributed by atoms with Crippen molar-refractivity contribution in [2.24, 2.45) is 11.5 Å². The number of unbranched alkanes of at least 4 members (excludes halogenated alkanes) is 1. The predicted molar refractivity (Wildman–Crippen MR) is 197 cm³/mol. The molecule has 248 valence electrons. The highest BCUT2D eigenvalue weighted by atomic mass is 19.1. The van der Waals surface area contributed by atoms with Gasteiger partial charge in [-0.15, -0.1) is 0 Å². The summed E-state index contributed by atoms with van der Waals surface area (Å²) in [5.74, 6) is -0.0608. The first-order valence-corrected chi connectivity index (χ1v) is 15.3. The van der Waals surface area contributed by atoms with E-state index < -0.39 is 0 Å². The van der Waals surface area contributed by atoms with Gasteiger partial charge in [0.1, 0.15) is 5.82 Å². The van der Waals surface area contributed by atoms with Crippen molar-refractivity contribution in [3.8, 4) is 0 Å². The lowest BCUT2D eigenvalue weighted by atomic mass is 10.1. The third kappa shape index (κ3) is 36.8. The van der Waals surface area contributed by atoms with Crippen molar-refractivity contribution in [1.82, 2.24) is 5.32 Å². The highest BCUT2D eigenvalue weighted by Crippen LogP contribution is 2.13. The normalized spacial score (nSPS) is 8.91. The van der Waals surface area contributed by atoms with Crippen LogP contribution < -0.4 is 16.8 Å². The van der Waals surface area contributed by atoms with E-state index in [4.69, 9.17) is 16.6 Å². The van der Waals surface area contributed by atoms with E-state index in [0.29, 0.717) is 13.1 Å². The molecule has 7 N–H and O–H groups in total. The van der Waals surface area contributed by atoms with Crippen LogP contribution in [0.3, 0.4) is 0 Å². The van der Waals surface area contributed by atoms with Gasteiger partial charge in [0.15, 0.2) is 0 Å². The smallest absolute Gasteiger partial charge is 0.130 e. The summed E-state index contributed by atoms with van der Waals surface area (Å²) < 4.78 is 13.4. The fourth-order valence-electron chi connectivity index (χ4n) is 2.93. The van der Waals surface area contributed by atoms with Gasteiger partial charge in [-0.05, 0) is 77.3 Å². The van der Waals surface area contributed by atoms with Crippen LogP contribution in [0.15, 0.2) is 78.9 Å². The summed E-state index contributed by atoms with van der Waals surface area (Å²) in [5, 5.41) is 13.9. The van der Waals surface area contributed by atoms with Crippen molar-refractivity contribution < 1.29 is 4.39 Å². The van der Waals surface area contributed by atoms with Crippen LogP contribution >= 0.6 is 0 Å². The Kier molecular flexibility index (Phi) is 59.2. The van der Waals surface area contributed by atoms with E-state index in [1.54, 1.807) is 0 Å². The number of halogens is 1. The number of aryl methyl sites for hydroxylation is 2. The van der Waals surface area contributed by atoms with Crippen LogP contribution in [0.1, 0.15) is 96.4 Å². The Labute approximate surface area is 266 Å². The molecule has 0 aliphatic rings. The number of hydrogen-bond donors (Lipinski definition) is 5. The maximum atomic E-state index is 13.4. The van der Waals surface area contributed by atoms with E-state index in [1.165, 1.54) is 49.4 Å². The third-order valence-corrected chi connectivity index (χ3v) is 4.79. The second kappa shape index (κ2) is 48.5. The van der Waals surface area contributed by atoms with E-state index in [2.05, 4.69) is 101 Å². The Morgan fingerprint density at radius 2 is 1.42 bits per heavy atom. The van der Waals surface area contributed by atoms with E-state index in [9.17, 15) is 4.39 Å². The van der Waals surface area contributed by atoms with E-state index >= 15 is 0 Å². The molecule has 43 heavy (non-hydrogen) atoms. The zero-order valence-electron chi connectivity index (χ0n) is 29.5. The summed E-state index contributed by atoms with van der Waals surface area (Å²) in [7, 11) is 3.32. The molecule has 0 unspecified atom stereocenters. The Bertz CT molecular complexity index is 860. The molecule has 2 aromatic rings. The van der Waals surface area contributed by atoms with Gasteiger partial charge in [-0.25, -0.2) is 4.39 Å². The van der Waals surface area contributed by atoms with Gasteiger partial charge in [0.05, 0.1) is 0 Å². The topological polar surface area (TPSA) is 112 Å². The second-order valence-electron chi connectivity index (χ2n) is 8.25. The van der Waals surface area contributed by atoms with Crippen LogP contribution in [0.4, 0.5) is 4.39 Å². The van der Waals surface area contributed by atoms with Gasteiger partial charge in [0.25, 0.3) is 0 Å². The van der Waals surface area contributed by atoms with Gasteiger partial charge in [-0.3, -0.25) is 0 Å². The van der Waals surface area contributed by atoms with Crippen LogP contribution in [-0.4, -0.2) is 27.5 Å². The molecule has 2 aromatic carbocycles. The number of hydrogen-bond acceptors (Lipinski definition) is 5. The maximum Gasteiger partial charge on any atom is 0.130 e. The fraction of sp³-hybridized carbons (Fsp3) is 0.459. The number of benzene rings is 2. The molecule has 6 heteroatoms. The molecule has 0 atom stereocenters. The minimum Gasteiger partial charge on any atom is -0.333 e. The molecular weight excluding hydrogens is 533 g/mol. The van der Waals surface area contributed by atoms with Gasteiger partial charge in [0.2, 0.25) is 0 Å². The average Bonchev–Trinajstić information content (AvgIpc) is 3.06. The number of rotatable bonds is 9. The minimum absolute atomic E-state index is 0.0608. The van der Waals surface area contributed by atoms with Gasteiger partial charge in [-0.2, -0.15) is 0 Å². The zero-order chi connectivity index (χ0) is 34.9. The zero-order valence-corrected chi connectivity index (χ0v) is 29.5. The van der Waals surface area contributed by atoms with Crippen molar-refractivity contribution in [3.63, 3.8) is 0 Å². The molecule has 0 aliphatic carbocycles. The summed E-state index contributed by atoms with van der Waals surface area (Å²) in [6, 6.07) is 13.8. The summed E-state index contributed by atoms with van der Waals surface area (Å²) in [6.45, 7) is 26.5. The summed E-state index contributed by atoms with van der Waals surface area (Å²) >= 11 is 0. The van der Waals surface area contributed by atoms with E-state index in [-0.39, 0.29) is 5.82 Å². The Balaban J connectivity index is -0.000000103. The highest BCUT2D eigenvalue weighted by molar-refractivity contribution is 5.26. The molecule has 0 bridgehead atoms. The maximum absolute atomic E-state index is 13.4. The van der Waals surface area contributed by atoms with Crippen molar-refractivity contribution in [3.05, 3.63) is 107 Å². The highest BCUT2D eigenvalue weighted by Gasteiger charge is 2.04. The Morgan fingerprint density at radius 3 is 1.79 bits per heavy atom. The van der Waals surface area contributed by atoms with E-state index in [1.807, 2.05) is 59.0 Å². The quantitative estimate of drug-likeness (QED) is 0.146. The van der Waals surface area contributed by atoms with Gasteiger partial charge in [-0.1, -0.05) is 133 Å². The molecule has 0 radical (unpaired) electrons. The van der Waals surface area contributed by atoms with Crippen molar-refractivity contribution in [1.29, 1.82) is 10.8 Å². The number of nitrogens with one attached hydrogen (secondary N) is 3. The van der Waals surface area contributed by atoms with E-state index in [0.717, 1.165) is 17.5 Å². The van der Waals surface area contributed by atoms with Gasteiger partial charge < -0.3 is 27.6 Å². The van der Waals surface area contributed by atoms with Crippen LogP contribution in [0.25, 0.3) is 0 Å². The summed E-state index contributed by atoms with van der Waals surface area (Å²) in [4.78, 5) is 0. The first kappa shape index (κ1) is 52.5. The van der Waals surface area contributed by atoms with Crippen LogP contribution in [0, 0.1) is 23.6 Å². The lowest BCUT2D eigenvalue weighted by molar-refractivity contribution is 0.587. The van der Waals surface area contributed by atoms with Crippen molar-refractivity contribution in [2.75, 3.05) is 14.1 Å². The van der Waals surface area contributed by atoms with Crippen molar-refractivity contribution in [2.45, 2.75) is 101 Å². The Hall–Kier alpha value is -3.19. The first-order valence-electron chi connectivity index (χ1n) is 15.3. The SMILES string of the molecule is C=C/C=C(\C=C/C)CCCC.C=N.C=N.CC.CCC.CCc1cccc(CNC)c1F.CN.Cc1ccc(CN)cc1. The molecule has 0 heterocycles. The van der Waals surface area contributed by atoms with Crippen LogP contribution in [-0.2, 0) is 19.5 Å². The number of allylic oxidation sites excluding steroid dienone is 5. The lowest BCUT2D eigenvalue weighted by Crippen LogP contribution is -2.08. The molecule has 0 aliphatic heterocycles. The molecule has 0 fully saturated rings. The van der Waals surface area contributed by atoms with Gasteiger partial charge >= 0.3 is 0 Å². The molecule has 0 saturated carbocycles. The molecule has 0 spiro atoms. The second-order valence-corrected chi connectivity index (χ2v) is 8.25. The molecular formula is C37H68FN5. The first-order chi connectivity index (χ1) is 20.9. The van der Waals surface area contributed by atoms with Crippen LogP contribution in [0.2, 0.25) is 0 Å². The molecule has 5 nitrogen and oxygen atoms in total. The average molecular weight is 602 g/mol. The largest absolute Gasteiger partial charge is 0.333 e. The van der Waals surface area contributed by atoms with Crippen molar-refractivity contribution >= 4 is 13.4 Å². The van der Waals surface area contributed by atoms with Gasteiger partial charge in [0, 0.05) is 18.7 Å². The summed E-state index contributed by atoms with van der Waals surface area (Å²) in [6.07, 6.45) is 13.9. The Morgan fingerprint density at radius 1 is 0.930 bits per heavy atom. The number of nitrogens with two attached hydrogens (primary N) is 2. The molecule has 0 saturated heterocycles. The minimum atomic E-state index is -0.0608. The lowest BCUT2D eigenvalue weighted by Gasteiger charge is -2.05.